The standard InChI is InChI=1S/C18H19N5O4/c1-10(17-11(2)21-27-12(17)3)7-16(24)19-13-5-4-6-14(8-13)23-9-15(18(25)26)20-22-23/h4-6,8-10H,7H2,1-3H3,(H,19,24)(H,25,26). The molecular weight excluding hydrogens is 350 g/mol. The van der Waals surface area contributed by atoms with Crippen LogP contribution in [0.2, 0.25) is 0 Å². The van der Waals surface area contributed by atoms with Crippen molar-refractivity contribution in [3.05, 3.63) is 53.2 Å². The van der Waals surface area contributed by atoms with E-state index < -0.39 is 5.97 Å². The molecule has 1 aromatic carbocycles. The van der Waals surface area contributed by atoms with Crippen molar-refractivity contribution < 1.29 is 19.2 Å². The zero-order valence-corrected chi connectivity index (χ0v) is 15.1. The molecular formula is C18H19N5O4. The summed E-state index contributed by atoms with van der Waals surface area (Å²) < 4.78 is 6.50. The first-order valence-corrected chi connectivity index (χ1v) is 8.34. The molecule has 0 aliphatic rings. The summed E-state index contributed by atoms with van der Waals surface area (Å²) in [6.07, 6.45) is 1.59. The van der Waals surface area contributed by atoms with E-state index in [0.717, 1.165) is 17.0 Å². The highest BCUT2D eigenvalue weighted by Gasteiger charge is 2.19. The number of rotatable bonds is 6. The van der Waals surface area contributed by atoms with E-state index in [-0.39, 0.29) is 23.9 Å². The van der Waals surface area contributed by atoms with E-state index in [1.54, 1.807) is 24.3 Å². The zero-order chi connectivity index (χ0) is 19.6. The Balaban J connectivity index is 1.70. The molecule has 9 heteroatoms. The molecule has 2 N–H and O–H groups in total. The molecule has 0 aliphatic heterocycles. The third-order valence-electron chi connectivity index (χ3n) is 4.18. The van der Waals surface area contributed by atoms with Crippen LogP contribution < -0.4 is 5.32 Å². The lowest BCUT2D eigenvalue weighted by molar-refractivity contribution is -0.116. The first-order valence-electron chi connectivity index (χ1n) is 8.34. The minimum Gasteiger partial charge on any atom is -0.476 e. The fraction of sp³-hybridized carbons (Fsp3) is 0.278. The van der Waals surface area contributed by atoms with Gasteiger partial charge in [-0.15, -0.1) is 5.10 Å². The molecule has 3 aromatic rings. The Hall–Kier alpha value is -3.49. The number of nitrogens with one attached hydrogen (secondary N) is 1. The van der Waals surface area contributed by atoms with Crippen LogP contribution in [0, 0.1) is 13.8 Å². The SMILES string of the molecule is Cc1noc(C)c1C(C)CC(=O)Nc1cccc(-n2cc(C(=O)O)nn2)c1. The predicted molar refractivity (Wildman–Crippen MR) is 96.0 cm³/mol. The highest BCUT2D eigenvalue weighted by molar-refractivity contribution is 5.91. The van der Waals surface area contributed by atoms with Crippen molar-refractivity contribution in [2.24, 2.45) is 0 Å². The number of aromatic nitrogens is 4. The number of amides is 1. The zero-order valence-electron chi connectivity index (χ0n) is 15.1. The van der Waals surface area contributed by atoms with E-state index in [4.69, 9.17) is 9.63 Å². The van der Waals surface area contributed by atoms with Gasteiger partial charge in [0.15, 0.2) is 5.69 Å². The van der Waals surface area contributed by atoms with Crippen molar-refractivity contribution in [2.75, 3.05) is 5.32 Å². The maximum Gasteiger partial charge on any atom is 0.358 e. The van der Waals surface area contributed by atoms with Gasteiger partial charge in [-0.1, -0.05) is 23.4 Å². The summed E-state index contributed by atoms with van der Waals surface area (Å²) >= 11 is 0. The molecule has 2 heterocycles. The number of nitrogens with zero attached hydrogens (tertiary/aromatic N) is 4. The molecule has 0 bridgehead atoms. The summed E-state index contributed by atoms with van der Waals surface area (Å²) in [4.78, 5) is 23.3. The Kier molecular flexibility index (Phi) is 5.02. The topological polar surface area (TPSA) is 123 Å². The largest absolute Gasteiger partial charge is 0.476 e. The van der Waals surface area contributed by atoms with Gasteiger partial charge in [0.25, 0.3) is 0 Å². The fourth-order valence-corrected chi connectivity index (χ4v) is 3.00. The molecule has 2 aromatic heterocycles. The number of carbonyl (C=O) groups is 2. The number of carboxylic acids is 1. The van der Waals surface area contributed by atoms with Crippen LogP contribution in [-0.2, 0) is 4.79 Å². The number of hydrogen-bond acceptors (Lipinski definition) is 6. The summed E-state index contributed by atoms with van der Waals surface area (Å²) in [6, 6.07) is 6.92. The average molecular weight is 369 g/mol. The van der Waals surface area contributed by atoms with Crippen LogP contribution >= 0.6 is 0 Å². The third-order valence-corrected chi connectivity index (χ3v) is 4.18. The van der Waals surface area contributed by atoms with Gasteiger partial charge in [-0.2, -0.15) is 0 Å². The fourth-order valence-electron chi connectivity index (χ4n) is 3.00. The van der Waals surface area contributed by atoms with Gasteiger partial charge < -0.3 is 14.9 Å². The van der Waals surface area contributed by atoms with Crippen LogP contribution in [0.1, 0.15) is 46.8 Å². The van der Waals surface area contributed by atoms with Gasteiger partial charge in [0.2, 0.25) is 5.91 Å². The predicted octanol–water partition coefficient (Wildman–Crippen LogP) is 2.70. The summed E-state index contributed by atoms with van der Waals surface area (Å²) in [5, 5.41) is 23.1. The molecule has 140 valence electrons. The number of carboxylic acid groups (broad SMARTS) is 1. The molecule has 1 amide bonds. The van der Waals surface area contributed by atoms with Crippen molar-refractivity contribution >= 4 is 17.6 Å². The van der Waals surface area contributed by atoms with E-state index in [0.29, 0.717) is 11.4 Å². The van der Waals surface area contributed by atoms with Crippen LogP contribution in [0.3, 0.4) is 0 Å². The van der Waals surface area contributed by atoms with Crippen LogP contribution in [0.15, 0.2) is 35.0 Å². The number of benzene rings is 1. The second kappa shape index (κ2) is 7.40. The lowest BCUT2D eigenvalue weighted by Gasteiger charge is -2.12. The van der Waals surface area contributed by atoms with Crippen molar-refractivity contribution in [1.82, 2.24) is 20.2 Å². The second-order valence-electron chi connectivity index (χ2n) is 6.30. The lowest BCUT2D eigenvalue weighted by Crippen LogP contribution is -2.15. The van der Waals surface area contributed by atoms with Gasteiger partial charge in [-0.3, -0.25) is 4.79 Å². The van der Waals surface area contributed by atoms with Gasteiger partial charge in [-0.05, 0) is 38.0 Å². The summed E-state index contributed by atoms with van der Waals surface area (Å²) in [5.74, 6) is -0.619. The van der Waals surface area contributed by atoms with E-state index in [9.17, 15) is 9.59 Å². The van der Waals surface area contributed by atoms with E-state index in [1.807, 2.05) is 20.8 Å². The highest BCUT2D eigenvalue weighted by Crippen LogP contribution is 2.26. The van der Waals surface area contributed by atoms with Crippen molar-refractivity contribution in [2.45, 2.75) is 33.1 Å². The Bertz CT molecular complexity index is 972. The first-order chi connectivity index (χ1) is 12.8. The van der Waals surface area contributed by atoms with Crippen molar-refractivity contribution in [1.29, 1.82) is 0 Å². The van der Waals surface area contributed by atoms with Gasteiger partial charge in [0.05, 0.1) is 17.6 Å². The number of anilines is 1. The van der Waals surface area contributed by atoms with E-state index in [1.165, 1.54) is 10.9 Å². The molecule has 0 aliphatic carbocycles. The molecule has 0 fully saturated rings. The normalized spacial score (nSPS) is 12.0. The van der Waals surface area contributed by atoms with E-state index in [2.05, 4.69) is 20.8 Å². The van der Waals surface area contributed by atoms with Crippen LogP contribution in [0.5, 0.6) is 0 Å². The van der Waals surface area contributed by atoms with Crippen LogP contribution in [0.4, 0.5) is 5.69 Å². The van der Waals surface area contributed by atoms with Gasteiger partial charge in [0.1, 0.15) is 5.76 Å². The second-order valence-corrected chi connectivity index (χ2v) is 6.30. The number of aromatic carboxylic acids is 1. The third kappa shape index (κ3) is 4.02. The highest BCUT2D eigenvalue weighted by atomic mass is 16.5. The van der Waals surface area contributed by atoms with Crippen LogP contribution in [-0.4, -0.2) is 37.1 Å². The smallest absolute Gasteiger partial charge is 0.358 e. The molecule has 0 saturated carbocycles. The number of carbonyl (C=O) groups excluding carboxylic acids is 1. The summed E-state index contributed by atoms with van der Waals surface area (Å²) in [5.41, 5.74) is 2.75. The van der Waals surface area contributed by atoms with Crippen LogP contribution in [0.25, 0.3) is 5.69 Å². The quantitative estimate of drug-likeness (QED) is 0.684. The maximum atomic E-state index is 12.4. The average Bonchev–Trinajstić information content (AvgIpc) is 3.22. The van der Waals surface area contributed by atoms with Crippen molar-refractivity contribution in [3.63, 3.8) is 0 Å². The first kappa shape index (κ1) is 18.3. The molecule has 1 unspecified atom stereocenters. The molecule has 3 rings (SSSR count). The monoisotopic (exact) mass is 369 g/mol. The van der Waals surface area contributed by atoms with Crippen molar-refractivity contribution in [3.8, 4) is 5.69 Å². The Morgan fingerprint density at radius 3 is 2.74 bits per heavy atom. The Labute approximate surface area is 155 Å². The molecule has 0 spiro atoms. The Morgan fingerprint density at radius 2 is 2.11 bits per heavy atom. The summed E-state index contributed by atoms with van der Waals surface area (Å²) in [6.45, 7) is 5.63. The van der Waals surface area contributed by atoms with Gasteiger partial charge in [0, 0.05) is 17.7 Å². The van der Waals surface area contributed by atoms with E-state index >= 15 is 0 Å². The molecule has 9 nitrogen and oxygen atoms in total. The minimum absolute atomic E-state index is 0.0344. The maximum absolute atomic E-state index is 12.4. The van der Waals surface area contributed by atoms with Gasteiger partial charge in [-0.25, -0.2) is 9.48 Å². The molecule has 1 atom stereocenters. The lowest BCUT2D eigenvalue weighted by atomic mass is 9.96. The summed E-state index contributed by atoms with van der Waals surface area (Å²) in [7, 11) is 0. The molecule has 0 saturated heterocycles. The molecule has 0 radical (unpaired) electrons. The molecule has 27 heavy (non-hydrogen) atoms. The van der Waals surface area contributed by atoms with Gasteiger partial charge >= 0.3 is 5.97 Å². The number of aryl methyl sites for hydroxylation is 2. The minimum atomic E-state index is -1.15. The Morgan fingerprint density at radius 1 is 1.33 bits per heavy atom. The number of hydrogen-bond donors (Lipinski definition) is 2.